The van der Waals surface area contributed by atoms with Gasteiger partial charge in [-0.25, -0.2) is 4.98 Å². The highest BCUT2D eigenvalue weighted by Gasteiger charge is 2.46. The Labute approximate surface area is 199 Å². The van der Waals surface area contributed by atoms with Crippen molar-refractivity contribution in [2.24, 2.45) is 0 Å². The van der Waals surface area contributed by atoms with Crippen LogP contribution in [0.1, 0.15) is 40.4 Å². The van der Waals surface area contributed by atoms with E-state index >= 15 is 0 Å². The zero-order valence-electron chi connectivity index (χ0n) is 18.9. The minimum Gasteiger partial charge on any atom is -0.503 e. The lowest BCUT2D eigenvalue weighted by Crippen LogP contribution is -2.30. The molecule has 0 fully saturated rings. The number of hydrogen-bond donors (Lipinski definition) is 1. The summed E-state index contributed by atoms with van der Waals surface area (Å²) >= 11 is 1.35. The lowest BCUT2D eigenvalue weighted by atomic mass is 9.95. The van der Waals surface area contributed by atoms with Crippen LogP contribution in [0.25, 0.3) is 10.2 Å². The molecule has 2 aromatic carbocycles. The van der Waals surface area contributed by atoms with Crippen molar-refractivity contribution in [2.75, 3.05) is 12.0 Å². The van der Waals surface area contributed by atoms with E-state index in [4.69, 9.17) is 9.15 Å². The first-order valence-corrected chi connectivity index (χ1v) is 11.6. The van der Waals surface area contributed by atoms with Crippen molar-refractivity contribution in [3.63, 3.8) is 0 Å². The van der Waals surface area contributed by atoms with Crippen LogP contribution in [0, 0.1) is 6.92 Å². The Morgan fingerprint density at radius 2 is 1.94 bits per heavy atom. The highest BCUT2D eigenvalue weighted by molar-refractivity contribution is 7.22. The molecule has 8 heteroatoms. The van der Waals surface area contributed by atoms with E-state index in [2.05, 4.69) is 11.9 Å². The summed E-state index contributed by atoms with van der Waals surface area (Å²) in [4.78, 5) is 32.8. The second kappa shape index (κ2) is 8.46. The average Bonchev–Trinajstić information content (AvgIpc) is 3.54. The molecule has 34 heavy (non-hydrogen) atoms. The van der Waals surface area contributed by atoms with E-state index in [0.717, 1.165) is 22.2 Å². The largest absolute Gasteiger partial charge is 0.503 e. The van der Waals surface area contributed by atoms with Gasteiger partial charge in [0, 0.05) is 0 Å². The van der Waals surface area contributed by atoms with Crippen LogP contribution in [0.2, 0.25) is 0 Å². The van der Waals surface area contributed by atoms with Crippen LogP contribution in [0.3, 0.4) is 0 Å². The number of rotatable bonds is 6. The number of aryl methyl sites for hydroxylation is 2. The predicted octanol–water partition coefficient (Wildman–Crippen LogP) is 5.55. The summed E-state index contributed by atoms with van der Waals surface area (Å²) in [7, 11) is 1.56. The van der Waals surface area contributed by atoms with Gasteiger partial charge in [-0.3, -0.25) is 14.5 Å². The molecule has 0 radical (unpaired) electrons. The Kier molecular flexibility index (Phi) is 5.45. The van der Waals surface area contributed by atoms with Gasteiger partial charge in [0.25, 0.3) is 5.91 Å². The third kappa shape index (κ3) is 3.56. The summed E-state index contributed by atoms with van der Waals surface area (Å²) in [6.45, 7) is 3.80. The number of carbonyl (C=O) groups excluding carboxylic acids is 2. The summed E-state index contributed by atoms with van der Waals surface area (Å²) in [5, 5.41) is 11.3. The number of Topliss-reactive ketones (excluding diaryl/α,β-unsaturated/α-hetero) is 1. The lowest BCUT2D eigenvalue weighted by Gasteiger charge is -2.24. The summed E-state index contributed by atoms with van der Waals surface area (Å²) in [5.41, 5.74) is 2.50. The average molecular weight is 475 g/mol. The van der Waals surface area contributed by atoms with Gasteiger partial charge in [0.15, 0.2) is 16.7 Å². The molecule has 7 nitrogen and oxygen atoms in total. The zero-order valence-corrected chi connectivity index (χ0v) is 19.7. The van der Waals surface area contributed by atoms with Gasteiger partial charge in [-0.2, -0.15) is 0 Å². The molecule has 5 rings (SSSR count). The van der Waals surface area contributed by atoms with Crippen LogP contribution in [-0.4, -0.2) is 28.9 Å². The van der Waals surface area contributed by atoms with Crippen molar-refractivity contribution < 1.29 is 23.8 Å². The number of aliphatic hydroxyl groups excluding tert-OH is 1. The molecular weight excluding hydrogens is 452 g/mol. The maximum absolute atomic E-state index is 13.4. The molecule has 1 aliphatic rings. The predicted molar refractivity (Wildman–Crippen MR) is 130 cm³/mol. The fourth-order valence-corrected chi connectivity index (χ4v) is 5.16. The van der Waals surface area contributed by atoms with Crippen molar-refractivity contribution >= 4 is 38.4 Å². The van der Waals surface area contributed by atoms with Gasteiger partial charge in [0.2, 0.25) is 5.78 Å². The van der Waals surface area contributed by atoms with E-state index in [1.165, 1.54) is 16.2 Å². The second-order valence-corrected chi connectivity index (χ2v) is 9.01. The molecule has 1 aliphatic heterocycles. The lowest BCUT2D eigenvalue weighted by molar-refractivity contribution is -0.117. The van der Waals surface area contributed by atoms with Crippen LogP contribution in [0.4, 0.5) is 5.13 Å². The Balaban J connectivity index is 1.66. The number of ketones is 1. The third-order valence-electron chi connectivity index (χ3n) is 5.90. The number of aliphatic hydroxyl groups is 1. The Hall–Kier alpha value is -3.91. The number of hydrogen-bond acceptors (Lipinski definition) is 7. The highest BCUT2D eigenvalue weighted by Crippen LogP contribution is 2.44. The number of carbonyl (C=O) groups is 2. The Bertz CT molecular complexity index is 1450. The normalized spacial score (nSPS) is 16.0. The minimum atomic E-state index is -0.873. The van der Waals surface area contributed by atoms with Gasteiger partial charge >= 0.3 is 0 Å². The standard InChI is InChI=1S/C26H22N2O5S/c1-4-15-6-11-18-20(13-15)34-26(27-18)28-22(16-7-9-17(32-3)10-8-16)21(24(30)25(28)31)23(29)19-12-5-14(2)33-19/h5-13,22,30H,4H2,1-3H3/t22-/m1/s1. The number of furan rings is 1. The van der Waals surface area contributed by atoms with E-state index in [0.29, 0.717) is 22.2 Å². The molecule has 172 valence electrons. The van der Waals surface area contributed by atoms with E-state index in [1.807, 2.05) is 18.2 Å². The number of aromatic nitrogens is 1. The fraction of sp³-hybridized carbons (Fsp3) is 0.192. The maximum Gasteiger partial charge on any atom is 0.296 e. The minimum absolute atomic E-state index is 0.0435. The van der Waals surface area contributed by atoms with Crippen molar-refractivity contribution in [3.05, 3.63) is 88.6 Å². The molecule has 0 saturated heterocycles. The first kappa shape index (κ1) is 21.9. The van der Waals surface area contributed by atoms with Gasteiger partial charge < -0.3 is 14.3 Å². The third-order valence-corrected chi connectivity index (χ3v) is 6.92. The van der Waals surface area contributed by atoms with Crippen LogP contribution < -0.4 is 9.64 Å². The van der Waals surface area contributed by atoms with Crippen molar-refractivity contribution in [1.82, 2.24) is 4.98 Å². The van der Waals surface area contributed by atoms with Gasteiger partial charge in [-0.1, -0.05) is 36.5 Å². The molecule has 1 atom stereocenters. The van der Waals surface area contributed by atoms with E-state index < -0.39 is 23.5 Å². The Morgan fingerprint density at radius 1 is 1.18 bits per heavy atom. The topological polar surface area (TPSA) is 92.9 Å². The number of anilines is 1. The smallest absolute Gasteiger partial charge is 0.296 e. The SMILES string of the molecule is CCc1ccc2nc(N3C(=O)C(O)=C(C(=O)c4ccc(C)o4)[C@H]3c3ccc(OC)cc3)sc2c1. The van der Waals surface area contributed by atoms with Crippen LogP contribution >= 0.6 is 11.3 Å². The molecule has 3 heterocycles. The monoisotopic (exact) mass is 474 g/mol. The van der Waals surface area contributed by atoms with Gasteiger partial charge in [-0.05, 0) is 60.9 Å². The first-order chi connectivity index (χ1) is 16.4. The maximum atomic E-state index is 13.4. The Morgan fingerprint density at radius 3 is 2.59 bits per heavy atom. The fourth-order valence-electron chi connectivity index (χ4n) is 4.11. The number of nitrogens with zero attached hydrogens (tertiary/aromatic N) is 2. The molecule has 0 bridgehead atoms. The zero-order chi connectivity index (χ0) is 24.0. The number of methoxy groups -OCH3 is 1. The van der Waals surface area contributed by atoms with Crippen LogP contribution in [0.15, 0.2) is 70.3 Å². The number of thiazole rings is 1. The molecule has 2 aromatic heterocycles. The molecule has 1 N–H and O–H groups in total. The van der Waals surface area contributed by atoms with Crippen LogP contribution in [0.5, 0.6) is 5.75 Å². The molecule has 0 aliphatic carbocycles. The molecule has 0 spiro atoms. The van der Waals surface area contributed by atoms with Crippen LogP contribution in [-0.2, 0) is 11.2 Å². The number of ether oxygens (including phenoxy) is 1. The molecular formula is C26H22N2O5S. The molecule has 0 saturated carbocycles. The number of fused-ring (bicyclic) bond motifs is 1. The summed E-state index contributed by atoms with van der Waals surface area (Å²) in [5.74, 6) is -0.575. The summed E-state index contributed by atoms with van der Waals surface area (Å²) in [6, 6.07) is 15.3. The number of amides is 1. The number of benzene rings is 2. The van der Waals surface area contributed by atoms with Crippen molar-refractivity contribution in [2.45, 2.75) is 26.3 Å². The molecule has 0 unspecified atom stereocenters. The molecule has 1 amide bonds. The quantitative estimate of drug-likeness (QED) is 0.368. The van der Waals surface area contributed by atoms with Crippen molar-refractivity contribution in [3.8, 4) is 5.75 Å². The highest BCUT2D eigenvalue weighted by atomic mass is 32.1. The summed E-state index contributed by atoms with van der Waals surface area (Å²) in [6.07, 6.45) is 0.879. The summed E-state index contributed by atoms with van der Waals surface area (Å²) < 4.78 is 11.7. The van der Waals surface area contributed by atoms with Gasteiger partial charge in [0.05, 0.1) is 28.9 Å². The van der Waals surface area contributed by atoms with Crippen molar-refractivity contribution in [1.29, 1.82) is 0 Å². The van der Waals surface area contributed by atoms with E-state index in [9.17, 15) is 14.7 Å². The van der Waals surface area contributed by atoms with E-state index in [-0.39, 0.29) is 11.3 Å². The molecule has 4 aromatic rings. The van der Waals surface area contributed by atoms with Gasteiger partial charge in [-0.15, -0.1) is 0 Å². The first-order valence-electron chi connectivity index (χ1n) is 10.8. The second-order valence-electron chi connectivity index (χ2n) is 8.00. The van der Waals surface area contributed by atoms with E-state index in [1.54, 1.807) is 50.4 Å². The van der Waals surface area contributed by atoms with Gasteiger partial charge in [0.1, 0.15) is 11.5 Å².